The van der Waals surface area contributed by atoms with Crippen molar-refractivity contribution in [2.45, 2.75) is 22.7 Å². The van der Waals surface area contributed by atoms with Crippen LogP contribution in [0.3, 0.4) is 0 Å². The van der Waals surface area contributed by atoms with Gasteiger partial charge in [0.15, 0.2) is 0 Å². The summed E-state index contributed by atoms with van der Waals surface area (Å²) in [6.07, 6.45) is 0. The summed E-state index contributed by atoms with van der Waals surface area (Å²) >= 11 is 17.7. The van der Waals surface area contributed by atoms with Crippen molar-refractivity contribution in [2.75, 3.05) is 10.2 Å². The number of carbonyl (C=O) groups excluding carboxylic acids is 3. The maximum atomic E-state index is 13.9. The number of thioether (sulfide) groups is 1. The SMILES string of the molecule is O=C(Cn1c2c(sc1=O)[C@@H](c1ccc(Br)cc1)[C@@H]1C(=O)N(c3ccccc3)C(=O)[C@@H]1S2)Nc1ccc(Cl)c(Cl)c1. The van der Waals surface area contributed by atoms with E-state index in [1.54, 1.807) is 36.4 Å². The van der Waals surface area contributed by atoms with Gasteiger partial charge in [0.25, 0.3) is 0 Å². The Morgan fingerprint density at radius 3 is 2.35 bits per heavy atom. The number of thiazole rings is 1. The van der Waals surface area contributed by atoms with Crippen LogP contribution in [0.4, 0.5) is 11.4 Å². The second kappa shape index (κ2) is 10.8. The molecule has 0 unspecified atom stereocenters. The number of imide groups is 1. The van der Waals surface area contributed by atoms with Crippen LogP contribution in [0.1, 0.15) is 16.4 Å². The fourth-order valence-electron chi connectivity index (χ4n) is 5.03. The van der Waals surface area contributed by atoms with Crippen molar-refractivity contribution in [1.82, 2.24) is 4.57 Å². The van der Waals surface area contributed by atoms with Crippen molar-refractivity contribution in [3.63, 3.8) is 0 Å². The Kier molecular flexibility index (Phi) is 7.39. The summed E-state index contributed by atoms with van der Waals surface area (Å²) in [5, 5.41) is 3.14. The number of hydrogen-bond acceptors (Lipinski definition) is 6. The first-order chi connectivity index (χ1) is 19.2. The lowest BCUT2D eigenvalue weighted by molar-refractivity contribution is -0.122. The smallest absolute Gasteiger partial charge is 0.308 e. The van der Waals surface area contributed by atoms with Gasteiger partial charge in [0.05, 0.1) is 26.7 Å². The number of aromatic nitrogens is 1. The quantitative estimate of drug-likeness (QED) is 0.247. The summed E-state index contributed by atoms with van der Waals surface area (Å²) in [6.45, 7) is -0.271. The van der Waals surface area contributed by atoms with Crippen LogP contribution in [0.5, 0.6) is 0 Å². The summed E-state index contributed by atoms with van der Waals surface area (Å²) in [7, 11) is 0. The Morgan fingerprint density at radius 1 is 0.925 bits per heavy atom. The maximum absolute atomic E-state index is 13.9. The lowest BCUT2D eigenvalue weighted by Gasteiger charge is -2.30. The number of nitrogens with zero attached hydrogens (tertiary/aromatic N) is 2. The van der Waals surface area contributed by atoms with Gasteiger partial charge in [-0.2, -0.15) is 0 Å². The molecule has 3 atom stereocenters. The lowest BCUT2D eigenvalue weighted by atomic mass is 9.83. The Morgan fingerprint density at radius 2 is 1.65 bits per heavy atom. The van der Waals surface area contributed by atoms with Crippen LogP contribution in [-0.2, 0) is 20.9 Å². The van der Waals surface area contributed by atoms with E-state index in [0.29, 0.717) is 26.3 Å². The third kappa shape index (κ3) is 4.81. The van der Waals surface area contributed by atoms with E-state index in [0.717, 1.165) is 21.4 Å². The molecule has 7 nitrogen and oxygen atoms in total. The third-order valence-corrected chi connectivity index (χ3v) is 10.7. The molecule has 0 spiro atoms. The molecule has 0 radical (unpaired) electrons. The molecule has 2 aliphatic rings. The molecule has 0 aliphatic carbocycles. The molecule has 1 saturated heterocycles. The fraction of sp³-hybridized carbons (Fsp3) is 0.143. The summed E-state index contributed by atoms with van der Waals surface area (Å²) < 4.78 is 2.24. The first-order valence-electron chi connectivity index (χ1n) is 12.1. The molecule has 3 heterocycles. The van der Waals surface area contributed by atoms with Crippen LogP contribution < -0.4 is 15.1 Å². The van der Waals surface area contributed by atoms with E-state index in [9.17, 15) is 19.2 Å². The minimum atomic E-state index is -0.757. The zero-order valence-corrected chi connectivity index (χ0v) is 25.1. The minimum Gasteiger partial charge on any atom is -0.324 e. The van der Waals surface area contributed by atoms with Gasteiger partial charge in [0, 0.05) is 21.0 Å². The van der Waals surface area contributed by atoms with Gasteiger partial charge in [-0.1, -0.05) is 92.6 Å². The van der Waals surface area contributed by atoms with Crippen molar-refractivity contribution in [3.8, 4) is 0 Å². The zero-order valence-electron chi connectivity index (χ0n) is 20.3. The highest BCUT2D eigenvalue weighted by molar-refractivity contribution is 9.10. The van der Waals surface area contributed by atoms with Gasteiger partial charge in [-0.05, 0) is 48.0 Å². The summed E-state index contributed by atoms with van der Waals surface area (Å²) in [5.41, 5.74) is 1.75. The summed E-state index contributed by atoms with van der Waals surface area (Å²) in [6, 6.07) is 21.0. The molecule has 40 heavy (non-hydrogen) atoms. The molecule has 0 bridgehead atoms. The Hall–Kier alpha value is -2.89. The normalized spacial score (nSPS) is 19.9. The number of para-hydroxylation sites is 1. The fourth-order valence-corrected chi connectivity index (χ4v) is 8.37. The van der Waals surface area contributed by atoms with Gasteiger partial charge in [0.1, 0.15) is 11.8 Å². The van der Waals surface area contributed by atoms with Gasteiger partial charge in [0.2, 0.25) is 17.7 Å². The second-order valence-corrected chi connectivity index (χ2v) is 13.1. The molecule has 1 aromatic heterocycles. The van der Waals surface area contributed by atoms with E-state index in [1.807, 2.05) is 30.3 Å². The monoisotopic (exact) mass is 673 g/mol. The average molecular weight is 675 g/mol. The molecule has 3 aromatic carbocycles. The van der Waals surface area contributed by atoms with Crippen molar-refractivity contribution in [3.05, 3.63) is 107 Å². The molecule has 0 saturated carbocycles. The van der Waals surface area contributed by atoms with Crippen LogP contribution in [0, 0.1) is 5.92 Å². The second-order valence-electron chi connectivity index (χ2n) is 9.24. The number of halogens is 3. The number of hydrogen-bond donors (Lipinski definition) is 1. The van der Waals surface area contributed by atoms with Crippen molar-refractivity contribution in [2.24, 2.45) is 5.92 Å². The molecular weight excluding hydrogens is 657 g/mol. The number of anilines is 2. The van der Waals surface area contributed by atoms with Crippen LogP contribution in [0.15, 0.2) is 87.1 Å². The molecule has 1 N–H and O–H groups in total. The van der Waals surface area contributed by atoms with Crippen LogP contribution in [-0.4, -0.2) is 27.5 Å². The van der Waals surface area contributed by atoms with E-state index in [4.69, 9.17) is 23.2 Å². The number of carbonyl (C=O) groups is 3. The Labute approximate surface area is 255 Å². The van der Waals surface area contributed by atoms with E-state index in [2.05, 4.69) is 21.2 Å². The number of rotatable bonds is 5. The van der Waals surface area contributed by atoms with E-state index < -0.39 is 23.0 Å². The van der Waals surface area contributed by atoms with E-state index in [1.165, 1.54) is 27.3 Å². The van der Waals surface area contributed by atoms with Gasteiger partial charge < -0.3 is 5.32 Å². The molecule has 12 heteroatoms. The highest BCUT2D eigenvalue weighted by Gasteiger charge is 2.56. The molecule has 3 amide bonds. The largest absolute Gasteiger partial charge is 0.324 e. The predicted molar refractivity (Wildman–Crippen MR) is 162 cm³/mol. The number of benzene rings is 3. The van der Waals surface area contributed by atoms with Gasteiger partial charge in [-0.3, -0.25) is 23.7 Å². The van der Waals surface area contributed by atoms with Crippen molar-refractivity contribution in [1.29, 1.82) is 0 Å². The summed E-state index contributed by atoms with van der Waals surface area (Å²) in [5.74, 6) is -2.33. The Bertz CT molecular complexity index is 1730. The first-order valence-corrected chi connectivity index (χ1v) is 15.3. The van der Waals surface area contributed by atoms with Gasteiger partial charge in [-0.25, -0.2) is 4.90 Å². The molecule has 6 rings (SSSR count). The minimum absolute atomic E-state index is 0.271. The van der Waals surface area contributed by atoms with Gasteiger partial charge in [-0.15, -0.1) is 0 Å². The van der Waals surface area contributed by atoms with Crippen molar-refractivity contribution < 1.29 is 14.4 Å². The predicted octanol–water partition coefficient (Wildman–Crippen LogP) is 6.41. The number of amides is 3. The molecule has 202 valence electrons. The van der Waals surface area contributed by atoms with Gasteiger partial charge >= 0.3 is 4.87 Å². The highest BCUT2D eigenvalue weighted by atomic mass is 79.9. The number of fused-ring (bicyclic) bond motifs is 2. The topological polar surface area (TPSA) is 88.5 Å². The standard InChI is InChI=1S/C28H18BrCl2N3O4S2/c29-15-8-6-14(7-9-15)21-22-23(26(37)34(25(22)36)17-4-2-1-3-5-17)39-27-24(21)40-28(38)33(27)13-20(35)32-16-10-11-18(30)19(31)12-16/h1-12,21-23H,13H2,(H,32,35)/t21-,22-,23+/m0/s1. The molecule has 4 aromatic rings. The van der Waals surface area contributed by atoms with Crippen LogP contribution in [0.2, 0.25) is 10.0 Å². The summed E-state index contributed by atoms with van der Waals surface area (Å²) in [4.78, 5) is 55.4. The van der Waals surface area contributed by atoms with E-state index >= 15 is 0 Å². The lowest BCUT2D eigenvalue weighted by Crippen LogP contribution is -2.33. The molecular formula is C28H18BrCl2N3O4S2. The zero-order chi connectivity index (χ0) is 28.1. The third-order valence-electron chi connectivity index (χ3n) is 6.80. The Balaban J connectivity index is 1.40. The van der Waals surface area contributed by atoms with E-state index in [-0.39, 0.29) is 28.3 Å². The molecule has 2 aliphatic heterocycles. The molecule has 1 fully saturated rings. The first kappa shape index (κ1) is 27.3. The number of nitrogens with one attached hydrogen (secondary N) is 1. The van der Waals surface area contributed by atoms with Crippen molar-refractivity contribution >= 4 is 91.3 Å². The van der Waals surface area contributed by atoms with Crippen LogP contribution in [0.25, 0.3) is 0 Å². The van der Waals surface area contributed by atoms with Crippen LogP contribution >= 0.6 is 62.2 Å². The average Bonchev–Trinajstić information content (AvgIpc) is 3.38. The maximum Gasteiger partial charge on any atom is 0.308 e. The highest BCUT2D eigenvalue weighted by Crippen LogP contribution is 2.53.